The summed E-state index contributed by atoms with van der Waals surface area (Å²) in [5.41, 5.74) is 8.90. The molecule has 0 aliphatic heterocycles. The van der Waals surface area contributed by atoms with E-state index in [-0.39, 0.29) is 5.82 Å². The molecule has 20 heavy (non-hydrogen) atoms. The first-order valence-electron chi connectivity index (χ1n) is 6.39. The van der Waals surface area contributed by atoms with Gasteiger partial charge in [0.15, 0.2) is 0 Å². The molecule has 0 saturated heterocycles. The first kappa shape index (κ1) is 13.3. The Morgan fingerprint density at radius 3 is 2.65 bits per heavy atom. The van der Waals surface area contributed by atoms with Gasteiger partial charge in [0.25, 0.3) is 0 Å². The summed E-state index contributed by atoms with van der Waals surface area (Å²) in [5.74, 6) is -0.236. The van der Waals surface area contributed by atoms with Crippen LogP contribution in [0.25, 0.3) is 10.9 Å². The zero-order valence-electron chi connectivity index (χ0n) is 10.8. The second-order valence-electron chi connectivity index (χ2n) is 4.76. The number of hydrogen-bond donors (Lipinski definition) is 1. The molecule has 0 atom stereocenters. The Labute approximate surface area is 125 Å². The van der Waals surface area contributed by atoms with Crippen LogP contribution >= 0.6 is 15.9 Å². The molecule has 3 rings (SSSR count). The minimum atomic E-state index is -0.236. The SMILES string of the molecule is NCc1cc2ccccc2n1Cc1cc(F)cc(Br)c1. The highest BCUT2D eigenvalue weighted by Gasteiger charge is 2.08. The van der Waals surface area contributed by atoms with Crippen LogP contribution in [-0.2, 0) is 13.1 Å². The molecule has 102 valence electrons. The Morgan fingerprint density at radius 2 is 1.90 bits per heavy atom. The van der Waals surface area contributed by atoms with Gasteiger partial charge in [-0.1, -0.05) is 34.1 Å². The summed E-state index contributed by atoms with van der Waals surface area (Å²) < 4.78 is 16.4. The number of aromatic nitrogens is 1. The van der Waals surface area contributed by atoms with Crippen LogP contribution in [0.5, 0.6) is 0 Å². The van der Waals surface area contributed by atoms with Crippen LogP contribution in [0.1, 0.15) is 11.3 Å². The Bertz CT molecular complexity index is 744. The fourth-order valence-electron chi connectivity index (χ4n) is 2.51. The Morgan fingerprint density at radius 1 is 1.10 bits per heavy atom. The summed E-state index contributed by atoms with van der Waals surface area (Å²) in [7, 11) is 0. The molecular weight excluding hydrogens is 319 g/mol. The standard InChI is InChI=1S/C16H14BrFN2/c17-13-5-11(6-14(18)8-13)10-20-15(9-19)7-12-3-1-2-4-16(12)20/h1-8H,9-10,19H2. The van der Waals surface area contributed by atoms with Gasteiger partial charge >= 0.3 is 0 Å². The summed E-state index contributed by atoms with van der Waals surface area (Å²) in [6.45, 7) is 1.07. The van der Waals surface area contributed by atoms with Crippen LogP contribution in [0.4, 0.5) is 4.39 Å². The quantitative estimate of drug-likeness (QED) is 0.770. The molecule has 0 aliphatic carbocycles. The number of rotatable bonds is 3. The van der Waals surface area contributed by atoms with Crippen molar-refractivity contribution in [1.29, 1.82) is 0 Å². The largest absolute Gasteiger partial charge is 0.339 e. The number of nitrogens with zero attached hydrogens (tertiary/aromatic N) is 1. The molecule has 0 spiro atoms. The Hall–Kier alpha value is -1.65. The number of benzene rings is 2. The van der Waals surface area contributed by atoms with Gasteiger partial charge in [-0.15, -0.1) is 0 Å². The van der Waals surface area contributed by atoms with Crippen molar-refractivity contribution >= 4 is 26.8 Å². The van der Waals surface area contributed by atoms with E-state index < -0.39 is 0 Å². The van der Waals surface area contributed by atoms with Crippen molar-refractivity contribution in [3.8, 4) is 0 Å². The van der Waals surface area contributed by atoms with Crippen LogP contribution in [-0.4, -0.2) is 4.57 Å². The number of nitrogens with two attached hydrogens (primary N) is 1. The van der Waals surface area contributed by atoms with E-state index in [1.54, 1.807) is 6.07 Å². The van der Waals surface area contributed by atoms with Crippen LogP contribution in [0.2, 0.25) is 0 Å². The van der Waals surface area contributed by atoms with Gasteiger partial charge in [0.2, 0.25) is 0 Å². The summed E-state index contributed by atoms with van der Waals surface area (Å²) in [5, 5.41) is 1.16. The van der Waals surface area contributed by atoms with Gasteiger partial charge in [0.1, 0.15) is 5.82 Å². The van der Waals surface area contributed by atoms with Crippen molar-refractivity contribution in [3.63, 3.8) is 0 Å². The molecule has 0 saturated carbocycles. The fourth-order valence-corrected chi connectivity index (χ4v) is 3.02. The van der Waals surface area contributed by atoms with Crippen molar-refractivity contribution in [2.75, 3.05) is 0 Å². The molecule has 2 N–H and O–H groups in total. The van der Waals surface area contributed by atoms with Crippen LogP contribution in [0.15, 0.2) is 53.0 Å². The van der Waals surface area contributed by atoms with E-state index in [1.807, 2.05) is 18.2 Å². The summed E-state index contributed by atoms with van der Waals surface area (Å²) in [4.78, 5) is 0. The van der Waals surface area contributed by atoms with Crippen LogP contribution < -0.4 is 5.73 Å². The van der Waals surface area contributed by atoms with Crippen LogP contribution in [0.3, 0.4) is 0 Å². The zero-order valence-corrected chi connectivity index (χ0v) is 12.4. The lowest BCUT2D eigenvalue weighted by molar-refractivity contribution is 0.622. The monoisotopic (exact) mass is 332 g/mol. The topological polar surface area (TPSA) is 30.9 Å². The predicted octanol–water partition coefficient (Wildman–Crippen LogP) is 4.05. The maximum absolute atomic E-state index is 13.5. The zero-order chi connectivity index (χ0) is 14.1. The van der Waals surface area contributed by atoms with Gasteiger partial charge in [-0.05, 0) is 41.3 Å². The molecule has 0 radical (unpaired) electrons. The highest BCUT2D eigenvalue weighted by atomic mass is 79.9. The fraction of sp³-hybridized carbons (Fsp3) is 0.125. The smallest absolute Gasteiger partial charge is 0.124 e. The van der Waals surface area contributed by atoms with Crippen molar-refractivity contribution < 1.29 is 4.39 Å². The molecule has 0 fully saturated rings. The summed E-state index contributed by atoms with van der Waals surface area (Å²) in [6.07, 6.45) is 0. The lowest BCUT2D eigenvalue weighted by atomic mass is 10.2. The number of para-hydroxylation sites is 1. The van der Waals surface area contributed by atoms with E-state index in [2.05, 4.69) is 38.7 Å². The van der Waals surface area contributed by atoms with Crippen molar-refractivity contribution in [2.45, 2.75) is 13.1 Å². The molecule has 2 nitrogen and oxygen atoms in total. The van der Waals surface area contributed by atoms with Gasteiger partial charge in [-0.25, -0.2) is 4.39 Å². The first-order chi connectivity index (χ1) is 9.67. The molecular formula is C16H14BrFN2. The Balaban J connectivity index is 2.09. The molecule has 1 heterocycles. The average molecular weight is 333 g/mol. The third kappa shape index (κ3) is 2.49. The second kappa shape index (κ2) is 5.38. The lowest BCUT2D eigenvalue weighted by Gasteiger charge is -2.10. The van der Waals surface area contributed by atoms with E-state index in [9.17, 15) is 4.39 Å². The Kier molecular flexibility index (Phi) is 3.59. The van der Waals surface area contributed by atoms with Gasteiger partial charge in [-0.2, -0.15) is 0 Å². The number of fused-ring (bicyclic) bond motifs is 1. The summed E-state index contributed by atoms with van der Waals surface area (Å²) >= 11 is 3.33. The van der Waals surface area contributed by atoms with Gasteiger partial charge in [0, 0.05) is 28.8 Å². The normalized spacial score (nSPS) is 11.2. The van der Waals surface area contributed by atoms with E-state index in [0.717, 1.165) is 26.6 Å². The predicted molar refractivity (Wildman–Crippen MR) is 83.0 cm³/mol. The number of hydrogen-bond acceptors (Lipinski definition) is 1. The van der Waals surface area contributed by atoms with Crippen molar-refractivity contribution in [3.05, 3.63) is 70.1 Å². The second-order valence-corrected chi connectivity index (χ2v) is 5.68. The highest BCUT2D eigenvalue weighted by molar-refractivity contribution is 9.10. The third-order valence-electron chi connectivity index (χ3n) is 3.37. The minimum absolute atomic E-state index is 0.236. The van der Waals surface area contributed by atoms with E-state index in [1.165, 1.54) is 6.07 Å². The van der Waals surface area contributed by atoms with Gasteiger partial charge in [0.05, 0.1) is 0 Å². The maximum atomic E-state index is 13.5. The number of halogens is 2. The molecule has 2 aromatic carbocycles. The minimum Gasteiger partial charge on any atom is -0.339 e. The third-order valence-corrected chi connectivity index (χ3v) is 3.83. The van der Waals surface area contributed by atoms with E-state index >= 15 is 0 Å². The highest BCUT2D eigenvalue weighted by Crippen LogP contribution is 2.22. The molecule has 0 bridgehead atoms. The first-order valence-corrected chi connectivity index (χ1v) is 7.19. The van der Waals surface area contributed by atoms with E-state index in [4.69, 9.17) is 5.73 Å². The lowest BCUT2D eigenvalue weighted by Crippen LogP contribution is -2.08. The van der Waals surface area contributed by atoms with Crippen LogP contribution in [0, 0.1) is 5.82 Å². The van der Waals surface area contributed by atoms with Crippen molar-refractivity contribution in [1.82, 2.24) is 4.57 Å². The van der Waals surface area contributed by atoms with Gasteiger partial charge in [-0.3, -0.25) is 0 Å². The molecule has 0 amide bonds. The molecule has 1 aromatic heterocycles. The van der Waals surface area contributed by atoms with E-state index in [0.29, 0.717) is 13.1 Å². The maximum Gasteiger partial charge on any atom is 0.124 e. The molecule has 0 aliphatic rings. The molecule has 0 unspecified atom stereocenters. The van der Waals surface area contributed by atoms with Crippen molar-refractivity contribution in [2.24, 2.45) is 5.73 Å². The molecule has 4 heteroatoms. The molecule has 3 aromatic rings. The average Bonchev–Trinajstić information content (AvgIpc) is 2.76. The van der Waals surface area contributed by atoms with Gasteiger partial charge < -0.3 is 10.3 Å². The summed E-state index contributed by atoms with van der Waals surface area (Å²) in [6, 6.07) is 15.2.